The van der Waals surface area contributed by atoms with Crippen LogP contribution in [0, 0.1) is 10.1 Å². The number of methoxy groups -OCH3 is 1. The number of hydrogen-bond acceptors (Lipinski definition) is 5. The summed E-state index contributed by atoms with van der Waals surface area (Å²) in [4.78, 5) is 24.5. The van der Waals surface area contributed by atoms with Crippen LogP contribution in [-0.4, -0.2) is 17.9 Å². The summed E-state index contributed by atoms with van der Waals surface area (Å²) in [5, 5.41) is 16.2. The van der Waals surface area contributed by atoms with E-state index in [1.54, 1.807) is 11.3 Å². The number of rotatable bonds is 7. The molecule has 6 nitrogen and oxygen atoms in total. The molecular formula is C21H20N2O4S. The van der Waals surface area contributed by atoms with Gasteiger partial charge in [0.2, 0.25) is 0 Å². The van der Waals surface area contributed by atoms with E-state index in [4.69, 9.17) is 4.74 Å². The van der Waals surface area contributed by atoms with Gasteiger partial charge in [-0.15, -0.1) is 11.3 Å². The number of ether oxygens (including phenoxy) is 1. The van der Waals surface area contributed by atoms with Gasteiger partial charge in [-0.1, -0.05) is 37.3 Å². The molecule has 0 aliphatic rings. The van der Waals surface area contributed by atoms with E-state index in [2.05, 4.69) is 12.2 Å². The van der Waals surface area contributed by atoms with Crippen LogP contribution in [-0.2, 0) is 6.42 Å². The highest BCUT2D eigenvalue weighted by Gasteiger charge is 2.22. The summed E-state index contributed by atoms with van der Waals surface area (Å²) in [6.07, 6.45) is 0.936. The lowest BCUT2D eigenvalue weighted by atomic mass is 10.0. The van der Waals surface area contributed by atoms with E-state index in [9.17, 15) is 14.9 Å². The molecule has 0 bridgehead atoms. The Balaban J connectivity index is 1.91. The highest BCUT2D eigenvalue weighted by molar-refractivity contribution is 7.10. The number of nitrogens with zero attached hydrogens (tertiary/aromatic N) is 1. The van der Waals surface area contributed by atoms with E-state index >= 15 is 0 Å². The van der Waals surface area contributed by atoms with Gasteiger partial charge in [0.1, 0.15) is 0 Å². The van der Waals surface area contributed by atoms with Crippen LogP contribution >= 0.6 is 11.3 Å². The van der Waals surface area contributed by atoms with Crippen LogP contribution in [0.15, 0.2) is 60.0 Å². The lowest BCUT2D eigenvalue weighted by Crippen LogP contribution is -2.28. The third-order valence-corrected chi connectivity index (χ3v) is 5.40. The summed E-state index contributed by atoms with van der Waals surface area (Å²) >= 11 is 1.54. The van der Waals surface area contributed by atoms with Crippen molar-refractivity contribution in [3.05, 3.63) is 91.7 Å². The molecule has 1 heterocycles. The molecule has 2 aromatic carbocycles. The Morgan fingerprint density at radius 3 is 2.54 bits per heavy atom. The molecule has 0 aliphatic heterocycles. The lowest BCUT2D eigenvalue weighted by molar-refractivity contribution is -0.385. The minimum Gasteiger partial charge on any atom is -0.490 e. The van der Waals surface area contributed by atoms with Gasteiger partial charge >= 0.3 is 5.69 Å². The Hall–Kier alpha value is -3.19. The van der Waals surface area contributed by atoms with Crippen LogP contribution in [0.3, 0.4) is 0 Å². The van der Waals surface area contributed by atoms with Gasteiger partial charge < -0.3 is 10.1 Å². The van der Waals surface area contributed by atoms with Crippen LogP contribution < -0.4 is 10.1 Å². The minimum absolute atomic E-state index is 0.117. The molecule has 0 radical (unpaired) electrons. The highest BCUT2D eigenvalue weighted by Crippen LogP contribution is 2.29. The van der Waals surface area contributed by atoms with E-state index < -0.39 is 4.92 Å². The average molecular weight is 396 g/mol. The zero-order valence-corrected chi connectivity index (χ0v) is 16.4. The molecule has 1 amide bonds. The lowest BCUT2D eigenvalue weighted by Gasteiger charge is -2.19. The maximum Gasteiger partial charge on any atom is 0.311 e. The monoisotopic (exact) mass is 396 g/mol. The minimum atomic E-state index is -0.560. The molecule has 1 atom stereocenters. The molecule has 0 spiro atoms. The van der Waals surface area contributed by atoms with Crippen LogP contribution in [0.2, 0.25) is 0 Å². The Labute approximate surface area is 166 Å². The van der Waals surface area contributed by atoms with Crippen LogP contribution in [0.25, 0.3) is 0 Å². The third kappa shape index (κ3) is 4.20. The largest absolute Gasteiger partial charge is 0.490 e. The molecule has 144 valence electrons. The van der Waals surface area contributed by atoms with Gasteiger partial charge in [0.15, 0.2) is 5.75 Å². The van der Waals surface area contributed by atoms with Gasteiger partial charge in [0.25, 0.3) is 5.91 Å². The predicted molar refractivity (Wildman–Crippen MR) is 109 cm³/mol. The number of amides is 1. The summed E-state index contributed by atoms with van der Waals surface area (Å²) in [7, 11) is 1.36. The standard InChI is InChI=1S/C21H20N2O4S/c1-3-14-6-8-15(9-7-14)20(19-5-4-12-28-19)22-21(24)16-10-11-18(27-2)17(13-16)23(25)26/h4-13,20H,3H2,1-2H3,(H,22,24). The van der Waals surface area contributed by atoms with Crippen molar-refractivity contribution in [2.45, 2.75) is 19.4 Å². The zero-order chi connectivity index (χ0) is 20.1. The number of benzene rings is 2. The molecule has 1 aromatic heterocycles. The summed E-state index contributed by atoms with van der Waals surface area (Å²) in [6.45, 7) is 2.09. The fraction of sp³-hybridized carbons (Fsp3) is 0.190. The number of nitro groups is 1. The molecule has 1 unspecified atom stereocenters. The van der Waals surface area contributed by atoms with Gasteiger partial charge in [0.05, 0.1) is 18.1 Å². The Morgan fingerprint density at radius 2 is 1.96 bits per heavy atom. The second kappa shape index (κ2) is 8.67. The molecule has 3 rings (SSSR count). The van der Waals surface area contributed by atoms with E-state index in [1.807, 2.05) is 41.8 Å². The Bertz CT molecular complexity index is 969. The molecule has 0 saturated heterocycles. The van der Waals surface area contributed by atoms with Crippen molar-refractivity contribution in [1.82, 2.24) is 5.32 Å². The third-order valence-electron chi connectivity index (χ3n) is 4.46. The SMILES string of the molecule is CCc1ccc(C(NC(=O)c2ccc(OC)c([N+](=O)[O-])c2)c2cccs2)cc1. The first-order valence-electron chi connectivity index (χ1n) is 8.79. The Kier molecular flexibility index (Phi) is 6.06. The number of carbonyl (C=O) groups excluding carboxylic acids is 1. The average Bonchev–Trinajstić information content (AvgIpc) is 3.26. The topological polar surface area (TPSA) is 81.5 Å². The van der Waals surface area contributed by atoms with E-state index in [0.717, 1.165) is 16.9 Å². The molecule has 0 aliphatic carbocycles. The van der Waals surface area contributed by atoms with Gasteiger partial charge in [-0.3, -0.25) is 14.9 Å². The fourth-order valence-electron chi connectivity index (χ4n) is 2.91. The molecule has 0 fully saturated rings. The second-order valence-electron chi connectivity index (χ2n) is 6.16. The normalized spacial score (nSPS) is 11.6. The quantitative estimate of drug-likeness (QED) is 0.462. The fourth-order valence-corrected chi connectivity index (χ4v) is 3.71. The summed E-state index contributed by atoms with van der Waals surface area (Å²) in [5.41, 5.74) is 2.14. The molecule has 28 heavy (non-hydrogen) atoms. The van der Waals surface area contributed by atoms with Crippen molar-refractivity contribution in [2.24, 2.45) is 0 Å². The number of hydrogen-bond donors (Lipinski definition) is 1. The number of nitro benzene ring substituents is 1. The van der Waals surface area contributed by atoms with Gasteiger partial charge in [-0.25, -0.2) is 0 Å². The predicted octanol–water partition coefficient (Wildman–Crippen LogP) is 4.75. The van der Waals surface area contributed by atoms with Crippen molar-refractivity contribution in [3.63, 3.8) is 0 Å². The molecular weight excluding hydrogens is 376 g/mol. The number of carbonyl (C=O) groups is 1. The van der Waals surface area contributed by atoms with Crippen molar-refractivity contribution in [1.29, 1.82) is 0 Å². The highest BCUT2D eigenvalue weighted by atomic mass is 32.1. The Morgan fingerprint density at radius 1 is 1.21 bits per heavy atom. The second-order valence-corrected chi connectivity index (χ2v) is 7.14. The van der Waals surface area contributed by atoms with Gasteiger partial charge in [0, 0.05) is 16.5 Å². The summed E-state index contributed by atoms with van der Waals surface area (Å²) < 4.78 is 5.00. The van der Waals surface area contributed by atoms with Crippen LogP contribution in [0.5, 0.6) is 5.75 Å². The van der Waals surface area contributed by atoms with Crippen molar-refractivity contribution < 1.29 is 14.5 Å². The number of aryl methyl sites for hydroxylation is 1. The number of nitrogens with one attached hydrogen (secondary N) is 1. The van der Waals surface area contributed by atoms with E-state index in [-0.39, 0.29) is 28.9 Å². The first-order chi connectivity index (χ1) is 13.5. The van der Waals surface area contributed by atoms with Crippen LogP contribution in [0.1, 0.15) is 39.3 Å². The molecule has 0 saturated carbocycles. The first-order valence-corrected chi connectivity index (χ1v) is 9.67. The van der Waals surface area contributed by atoms with Crippen molar-refractivity contribution in [2.75, 3.05) is 7.11 Å². The zero-order valence-electron chi connectivity index (χ0n) is 15.5. The van der Waals surface area contributed by atoms with Gasteiger partial charge in [-0.2, -0.15) is 0 Å². The maximum absolute atomic E-state index is 12.9. The van der Waals surface area contributed by atoms with Gasteiger partial charge in [-0.05, 0) is 41.1 Å². The first kappa shape index (κ1) is 19.6. The smallest absolute Gasteiger partial charge is 0.311 e. The van der Waals surface area contributed by atoms with Crippen LogP contribution in [0.4, 0.5) is 5.69 Å². The van der Waals surface area contributed by atoms with Crippen molar-refractivity contribution in [3.8, 4) is 5.75 Å². The summed E-state index contributed by atoms with van der Waals surface area (Å²) in [5.74, 6) is -0.268. The van der Waals surface area contributed by atoms with E-state index in [1.165, 1.54) is 30.9 Å². The summed E-state index contributed by atoms with van der Waals surface area (Å²) in [6, 6.07) is 15.8. The molecule has 1 N–H and O–H groups in total. The number of thiophene rings is 1. The van der Waals surface area contributed by atoms with Crippen molar-refractivity contribution >= 4 is 22.9 Å². The van der Waals surface area contributed by atoms with E-state index in [0.29, 0.717) is 0 Å². The molecule has 3 aromatic rings. The maximum atomic E-state index is 12.9. The molecule has 7 heteroatoms.